The Morgan fingerprint density at radius 3 is 2.81 bits per heavy atom. The Labute approximate surface area is 134 Å². The number of nitrogens with one attached hydrogen (secondary N) is 1. The van der Waals surface area contributed by atoms with E-state index in [1.54, 1.807) is 22.5 Å². The molecule has 21 heavy (non-hydrogen) atoms. The number of benzene rings is 1. The van der Waals surface area contributed by atoms with E-state index < -0.39 is 10.0 Å². The summed E-state index contributed by atoms with van der Waals surface area (Å²) >= 11 is 3.35. The van der Waals surface area contributed by atoms with Gasteiger partial charge in [-0.3, -0.25) is 0 Å². The van der Waals surface area contributed by atoms with Gasteiger partial charge in [-0.15, -0.1) is 0 Å². The van der Waals surface area contributed by atoms with Crippen molar-refractivity contribution >= 4 is 26.0 Å². The van der Waals surface area contributed by atoms with E-state index in [2.05, 4.69) is 21.2 Å². The number of sulfonamides is 1. The average Bonchev–Trinajstić information content (AvgIpc) is 2.98. The van der Waals surface area contributed by atoms with Gasteiger partial charge in [0, 0.05) is 25.2 Å². The average molecular weight is 377 g/mol. The number of halogens is 1. The third-order valence-corrected chi connectivity index (χ3v) is 6.22. The molecule has 1 aliphatic rings. The molecular formula is C14H21BrN2O3S. The van der Waals surface area contributed by atoms with E-state index in [9.17, 15) is 8.42 Å². The Kier molecular flexibility index (Phi) is 5.65. The highest BCUT2D eigenvalue weighted by Gasteiger charge is 2.32. The number of methoxy groups -OCH3 is 1. The summed E-state index contributed by atoms with van der Waals surface area (Å²) in [5, 5.41) is 3.23. The fraction of sp³-hybridized carbons (Fsp3) is 0.571. The first-order valence-electron chi connectivity index (χ1n) is 7.06. The van der Waals surface area contributed by atoms with Gasteiger partial charge in [-0.25, -0.2) is 8.42 Å². The largest absolute Gasteiger partial charge is 0.496 e. The van der Waals surface area contributed by atoms with Crippen molar-refractivity contribution in [2.75, 3.05) is 26.7 Å². The van der Waals surface area contributed by atoms with Crippen molar-refractivity contribution in [3.63, 3.8) is 0 Å². The molecule has 7 heteroatoms. The minimum atomic E-state index is -3.50. The second-order valence-electron chi connectivity index (χ2n) is 5.06. The van der Waals surface area contributed by atoms with E-state index >= 15 is 0 Å². The molecule has 1 fully saturated rings. The first-order valence-corrected chi connectivity index (χ1v) is 9.30. The fourth-order valence-electron chi connectivity index (χ4n) is 2.54. The van der Waals surface area contributed by atoms with Gasteiger partial charge in [0.1, 0.15) is 5.75 Å². The summed E-state index contributed by atoms with van der Waals surface area (Å²) < 4.78 is 33.4. The van der Waals surface area contributed by atoms with Gasteiger partial charge in [-0.05, 0) is 47.4 Å². The molecule has 1 heterocycles. The van der Waals surface area contributed by atoms with Crippen LogP contribution in [0.25, 0.3) is 0 Å². The lowest BCUT2D eigenvalue weighted by atomic mass is 10.2. The normalized spacial score (nSPS) is 19.1. The maximum atomic E-state index is 12.9. The van der Waals surface area contributed by atoms with Gasteiger partial charge in [-0.1, -0.05) is 6.92 Å². The summed E-state index contributed by atoms with van der Waals surface area (Å²) in [7, 11) is -1.97. The first kappa shape index (κ1) is 16.7. The van der Waals surface area contributed by atoms with Crippen molar-refractivity contribution in [3.8, 4) is 5.75 Å². The molecule has 1 aromatic carbocycles. The van der Waals surface area contributed by atoms with Gasteiger partial charge in [0.2, 0.25) is 10.0 Å². The van der Waals surface area contributed by atoms with E-state index in [0.717, 1.165) is 23.9 Å². The standard InChI is InChI=1S/C14H21BrN2O3S/c1-3-8-17(11-6-7-16-10-11)21(18,19)12-4-5-13(15)14(9-12)20-2/h4-5,9,11,16H,3,6-8,10H2,1-2H3. The summed E-state index contributed by atoms with van der Waals surface area (Å²) in [5.74, 6) is 0.525. The van der Waals surface area contributed by atoms with Crippen LogP contribution in [0.4, 0.5) is 0 Å². The second kappa shape index (κ2) is 7.09. The molecule has 0 amide bonds. The molecule has 0 aliphatic carbocycles. The molecule has 0 bridgehead atoms. The van der Waals surface area contributed by atoms with Gasteiger partial charge < -0.3 is 10.1 Å². The van der Waals surface area contributed by atoms with Crippen molar-refractivity contribution in [3.05, 3.63) is 22.7 Å². The summed E-state index contributed by atoms with van der Waals surface area (Å²) in [5.41, 5.74) is 0. The summed E-state index contributed by atoms with van der Waals surface area (Å²) in [6, 6.07) is 4.93. The van der Waals surface area contributed by atoms with E-state index in [0.29, 0.717) is 18.8 Å². The fourth-order valence-corrected chi connectivity index (χ4v) is 4.71. The molecule has 1 atom stereocenters. The van der Waals surface area contributed by atoms with E-state index in [4.69, 9.17) is 4.74 Å². The van der Waals surface area contributed by atoms with Crippen LogP contribution in [0.2, 0.25) is 0 Å². The van der Waals surface area contributed by atoms with Gasteiger partial charge in [0.25, 0.3) is 0 Å². The SMILES string of the molecule is CCCN(C1CCNC1)S(=O)(=O)c1ccc(Br)c(OC)c1. The summed E-state index contributed by atoms with van der Waals surface area (Å²) in [6.45, 7) is 4.11. The summed E-state index contributed by atoms with van der Waals surface area (Å²) in [6.07, 6.45) is 1.65. The maximum absolute atomic E-state index is 12.9. The quantitative estimate of drug-likeness (QED) is 0.826. The monoisotopic (exact) mass is 376 g/mol. The van der Waals surface area contributed by atoms with Crippen molar-refractivity contribution in [2.24, 2.45) is 0 Å². The van der Waals surface area contributed by atoms with Crippen molar-refractivity contribution in [2.45, 2.75) is 30.7 Å². The molecule has 1 unspecified atom stereocenters. The molecule has 0 saturated carbocycles. The predicted molar refractivity (Wildman–Crippen MR) is 86.2 cm³/mol. The minimum absolute atomic E-state index is 0.0320. The molecule has 0 aromatic heterocycles. The minimum Gasteiger partial charge on any atom is -0.496 e. The van der Waals surface area contributed by atoms with Crippen LogP contribution in [-0.4, -0.2) is 45.5 Å². The Morgan fingerprint density at radius 1 is 1.48 bits per heavy atom. The van der Waals surface area contributed by atoms with Crippen LogP contribution in [0.1, 0.15) is 19.8 Å². The van der Waals surface area contributed by atoms with Gasteiger partial charge in [0.15, 0.2) is 0 Å². The summed E-state index contributed by atoms with van der Waals surface area (Å²) in [4.78, 5) is 0.280. The smallest absolute Gasteiger partial charge is 0.243 e. The van der Waals surface area contributed by atoms with Crippen LogP contribution in [0.5, 0.6) is 5.75 Å². The maximum Gasteiger partial charge on any atom is 0.243 e. The van der Waals surface area contributed by atoms with Gasteiger partial charge >= 0.3 is 0 Å². The van der Waals surface area contributed by atoms with Gasteiger partial charge in [-0.2, -0.15) is 4.31 Å². The number of hydrogen-bond donors (Lipinski definition) is 1. The molecule has 2 rings (SSSR count). The van der Waals surface area contributed by atoms with Crippen molar-refractivity contribution in [1.82, 2.24) is 9.62 Å². The molecule has 1 aromatic rings. The van der Waals surface area contributed by atoms with Crippen molar-refractivity contribution in [1.29, 1.82) is 0 Å². The zero-order valence-corrected chi connectivity index (χ0v) is 14.7. The second-order valence-corrected chi connectivity index (χ2v) is 7.80. The zero-order valence-electron chi connectivity index (χ0n) is 12.3. The molecule has 118 valence electrons. The molecular weight excluding hydrogens is 356 g/mol. The molecule has 0 radical (unpaired) electrons. The Balaban J connectivity index is 2.37. The zero-order chi connectivity index (χ0) is 15.5. The Hall–Kier alpha value is -0.630. The number of nitrogens with zero attached hydrogens (tertiary/aromatic N) is 1. The molecule has 0 spiro atoms. The molecule has 5 nitrogen and oxygen atoms in total. The Morgan fingerprint density at radius 2 is 2.24 bits per heavy atom. The van der Waals surface area contributed by atoms with E-state index in [-0.39, 0.29) is 10.9 Å². The van der Waals surface area contributed by atoms with E-state index in [1.165, 1.54) is 7.11 Å². The third kappa shape index (κ3) is 3.59. The molecule has 1 aliphatic heterocycles. The number of rotatable bonds is 6. The first-order chi connectivity index (χ1) is 10.0. The third-order valence-electron chi connectivity index (χ3n) is 3.61. The predicted octanol–water partition coefficient (Wildman–Crippen LogP) is 2.22. The molecule has 1 N–H and O–H groups in total. The van der Waals surface area contributed by atoms with Crippen LogP contribution in [-0.2, 0) is 10.0 Å². The Bertz CT molecular complexity index is 586. The van der Waals surface area contributed by atoms with Crippen LogP contribution < -0.4 is 10.1 Å². The van der Waals surface area contributed by atoms with Crippen LogP contribution in [0, 0.1) is 0 Å². The lowest BCUT2D eigenvalue weighted by molar-refractivity contribution is 0.334. The number of hydrogen-bond acceptors (Lipinski definition) is 4. The van der Waals surface area contributed by atoms with Crippen LogP contribution in [0.3, 0.4) is 0 Å². The highest BCUT2D eigenvalue weighted by molar-refractivity contribution is 9.10. The molecule has 1 saturated heterocycles. The van der Waals surface area contributed by atoms with Crippen molar-refractivity contribution < 1.29 is 13.2 Å². The highest BCUT2D eigenvalue weighted by Crippen LogP contribution is 2.30. The lowest BCUT2D eigenvalue weighted by Gasteiger charge is -2.27. The number of ether oxygens (including phenoxy) is 1. The van der Waals surface area contributed by atoms with E-state index in [1.807, 2.05) is 6.92 Å². The van der Waals surface area contributed by atoms with Crippen LogP contribution in [0.15, 0.2) is 27.6 Å². The lowest BCUT2D eigenvalue weighted by Crippen LogP contribution is -2.42. The van der Waals surface area contributed by atoms with Crippen LogP contribution >= 0.6 is 15.9 Å². The van der Waals surface area contributed by atoms with Gasteiger partial charge in [0.05, 0.1) is 16.5 Å². The highest BCUT2D eigenvalue weighted by atomic mass is 79.9. The topological polar surface area (TPSA) is 58.6 Å².